The zero-order chi connectivity index (χ0) is 16.8. The summed E-state index contributed by atoms with van der Waals surface area (Å²) in [4.78, 5) is 19.2. The van der Waals surface area contributed by atoms with Gasteiger partial charge in [0, 0.05) is 36.4 Å². The topological polar surface area (TPSA) is 92.8 Å². The standard InChI is InChI=1S/C17H24N6O/c1-10-8-14(11(2)23(10)13-5-6-13)16(24)22-7-3-4-12(9-22)15-19-17(18)21-20-15/h8,12-13H,3-7,9H2,1-2H3,(H3,18,19,20,21). The number of aromatic amines is 1. The Bertz CT molecular complexity index is 772. The first-order valence-electron chi connectivity index (χ1n) is 8.70. The van der Waals surface area contributed by atoms with E-state index in [1.807, 2.05) is 11.0 Å². The number of hydrogen-bond donors (Lipinski definition) is 2. The van der Waals surface area contributed by atoms with Gasteiger partial charge in [-0.1, -0.05) is 0 Å². The van der Waals surface area contributed by atoms with Crippen molar-refractivity contribution >= 4 is 11.9 Å². The number of carbonyl (C=O) groups excluding carboxylic acids is 1. The third-order valence-electron chi connectivity index (χ3n) is 5.24. The van der Waals surface area contributed by atoms with Gasteiger partial charge in [-0.05, 0) is 45.6 Å². The molecule has 1 atom stereocenters. The SMILES string of the molecule is Cc1cc(C(=O)N2CCCC(c3nc(N)n[nH]3)C2)c(C)n1C1CC1. The number of nitrogens with two attached hydrogens (primary N) is 1. The van der Waals surface area contributed by atoms with Crippen LogP contribution in [0.4, 0.5) is 5.95 Å². The van der Waals surface area contributed by atoms with Crippen molar-refractivity contribution in [1.82, 2.24) is 24.6 Å². The summed E-state index contributed by atoms with van der Waals surface area (Å²) in [6.45, 7) is 5.63. The largest absolute Gasteiger partial charge is 0.367 e. The molecule has 1 aliphatic carbocycles. The maximum atomic E-state index is 13.1. The summed E-state index contributed by atoms with van der Waals surface area (Å²) >= 11 is 0. The maximum Gasteiger partial charge on any atom is 0.255 e. The van der Waals surface area contributed by atoms with Gasteiger partial charge in [-0.2, -0.15) is 4.98 Å². The fourth-order valence-electron chi connectivity index (χ4n) is 3.91. The van der Waals surface area contributed by atoms with Gasteiger partial charge in [-0.3, -0.25) is 9.89 Å². The predicted octanol–water partition coefficient (Wildman–Crippen LogP) is 2.16. The molecule has 2 fully saturated rings. The van der Waals surface area contributed by atoms with Gasteiger partial charge in [0.1, 0.15) is 5.82 Å². The van der Waals surface area contributed by atoms with E-state index in [4.69, 9.17) is 5.73 Å². The van der Waals surface area contributed by atoms with Gasteiger partial charge in [0.15, 0.2) is 0 Å². The number of anilines is 1. The van der Waals surface area contributed by atoms with Crippen molar-refractivity contribution in [2.75, 3.05) is 18.8 Å². The van der Waals surface area contributed by atoms with E-state index in [1.54, 1.807) is 0 Å². The molecule has 128 valence electrons. The van der Waals surface area contributed by atoms with Crippen LogP contribution in [0.25, 0.3) is 0 Å². The van der Waals surface area contributed by atoms with Crippen molar-refractivity contribution in [1.29, 1.82) is 0 Å². The van der Waals surface area contributed by atoms with Crippen molar-refractivity contribution in [2.45, 2.75) is 51.5 Å². The number of piperidine rings is 1. The van der Waals surface area contributed by atoms with Crippen LogP contribution in [0.5, 0.6) is 0 Å². The van der Waals surface area contributed by atoms with E-state index in [0.29, 0.717) is 12.6 Å². The summed E-state index contributed by atoms with van der Waals surface area (Å²) in [5.74, 6) is 1.36. The minimum absolute atomic E-state index is 0.132. The average Bonchev–Trinajstić information content (AvgIpc) is 3.24. The van der Waals surface area contributed by atoms with Crippen LogP contribution in [0.1, 0.15) is 65.2 Å². The van der Waals surface area contributed by atoms with Crippen LogP contribution < -0.4 is 5.73 Å². The molecule has 24 heavy (non-hydrogen) atoms. The van der Waals surface area contributed by atoms with Crippen LogP contribution in [0.2, 0.25) is 0 Å². The van der Waals surface area contributed by atoms with Crippen molar-refractivity contribution in [3.63, 3.8) is 0 Å². The van der Waals surface area contributed by atoms with Crippen LogP contribution in [-0.4, -0.2) is 43.6 Å². The van der Waals surface area contributed by atoms with Crippen LogP contribution >= 0.6 is 0 Å². The molecule has 1 saturated carbocycles. The molecule has 2 aromatic heterocycles. The van der Waals surface area contributed by atoms with E-state index in [0.717, 1.165) is 36.5 Å². The van der Waals surface area contributed by atoms with E-state index < -0.39 is 0 Å². The Balaban J connectivity index is 1.55. The fourth-order valence-corrected chi connectivity index (χ4v) is 3.91. The molecule has 0 spiro atoms. The second kappa shape index (κ2) is 5.65. The van der Waals surface area contributed by atoms with Crippen molar-refractivity contribution < 1.29 is 4.79 Å². The number of nitrogens with zero attached hydrogens (tertiary/aromatic N) is 4. The number of H-pyrrole nitrogens is 1. The first-order chi connectivity index (χ1) is 11.5. The zero-order valence-corrected chi connectivity index (χ0v) is 14.2. The highest BCUT2D eigenvalue weighted by Crippen LogP contribution is 2.38. The molecule has 2 aliphatic rings. The first-order valence-corrected chi connectivity index (χ1v) is 8.70. The lowest BCUT2D eigenvalue weighted by molar-refractivity contribution is 0.0704. The van der Waals surface area contributed by atoms with Crippen LogP contribution in [0, 0.1) is 13.8 Å². The number of nitrogens with one attached hydrogen (secondary N) is 1. The molecule has 0 aromatic carbocycles. The Morgan fingerprint density at radius 3 is 2.79 bits per heavy atom. The highest BCUT2D eigenvalue weighted by molar-refractivity contribution is 5.95. The van der Waals surface area contributed by atoms with E-state index in [2.05, 4.69) is 33.6 Å². The summed E-state index contributed by atoms with van der Waals surface area (Å²) in [6.07, 6.45) is 4.42. The van der Waals surface area contributed by atoms with E-state index >= 15 is 0 Å². The van der Waals surface area contributed by atoms with E-state index in [1.165, 1.54) is 18.5 Å². The van der Waals surface area contributed by atoms with Gasteiger partial charge < -0.3 is 15.2 Å². The predicted molar refractivity (Wildman–Crippen MR) is 90.9 cm³/mol. The summed E-state index contributed by atoms with van der Waals surface area (Å²) in [5.41, 5.74) is 8.74. The number of rotatable bonds is 3. The Morgan fingerprint density at radius 2 is 2.12 bits per heavy atom. The van der Waals surface area contributed by atoms with Gasteiger partial charge >= 0.3 is 0 Å². The van der Waals surface area contributed by atoms with Gasteiger partial charge in [0.25, 0.3) is 5.91 Å². The minimum Gasteiger partial charge on any atom is -0.367 e. The highest BCUT2D eigenvalue weighted by atomic mass is 16.2. The summed E-state index contributed by atoms with van der Waals surface area (Å²) in [5, 5.41) is 6.80. The molecule has 4 rings (SSSR count). The smallest absolute Gasteiger partial charge is 0.255 e. The summed E-state index contributed by atoms with van der Waals surface area (Å²) in [7, 11) is 0. The number of aryl methyl sites for hydroxylation is 1. The third kappa shape index (κ3) is 2.57. The Kier molecular flexibility index (Phi) is 3.58. The molecule has 7 nitrogen and oxygen atoms in total. The van der Waals surface area contributed by atoms with Crippen LogP contribution in [-0.2, 0) is 0 Å². The second-order valence-electron chi connectivity index (χ2n) is 7.06. The normalized spacial score (nSPS) is 21.2. The maximum absolute atomic E-state index is 13.1. The molecular formula is C17H24N6O. The Labute approximate surface area is 141 Å². The number of likely N-dealkylation sites (tertiary alicyclic amines) is 1. The molecule has 2 aromatic rings. The molecule has 0 bridgehead atoms. The van der Waals surface area contributed by atoms with Crippen LogP contribution in [0.15, 0.2) is 6.07 Å². The molecule has 1 aliphatic heterocycles. The van der Waals surface area contributed by atoms with Crippen LogP contribution in [0.3, 0.4) is 0 Å². The second-order valence-corrected chi connectivity index (χ2v) is 7.06. The first kappa shape index (κ1) is 15.2. The van der Waals surface area contributed by atoms with Gasteiger partial charge in [0.2, 0.25) is 5.95 Å². The third-order valence-corrected chi connectivity index (χ3v) is 5.24. The molecule has 3 N–H and O–H groups in total. The number of amides is 1. The molecule has 3 heterocycles. The molecule has 7 heteroatoms. The highest BCUT2D eigenvalue weighted by Gasteiger charge is 2.32. The average molecular weight is 328 g/mol. The number of aromatic nitrogens is 4. The summed E-state index contributed by atoms with van der Waals surface area (Å²) in [6, 6.07) is 2.64. The van der Waals surface area contributed by atoms with Gasteiger partial charge in [0.05, 0.1) is 5.56 Å². The molecule has 1 unspecified atom stereocenters. The number of nitrogen functional groups attached to an aromatic ring is 1. The lowest BCUT2D eigenvalue weighted by Gasteiger charge is -2.31. The van der Waals surface area contributed by atoms with Crippen molar-refractivity contribution in [2.24, 2.45) is 0 Å². The molecular weight excluding hydrogens is 304 g/mol. The van der Waals surface area contributed by atoms with E-state index in [9.17, 15) is 4.79 Å². The van der Waals surface area contributed by atoms with E-state index in [-0.39, 0.29) is 17.8 Å². The quantitative estimate of drug-likeness (QED) is 0.903. The van der Waals surface area contributed by atoms with Gasteiger partial charge in [-0.15, -0.1) is 5.10 Å². The fraction of sp³-hybridized carbons (Fsp3) is 0.588. The Morgan fingerprint density at radius 1 is 1.33 bits per heavy atom. The lowest BCUT2D eigenvalue weighted by Crippen LogP contribution is -2.39. The molecule has 0 radical (unpaired) electrons. The van der Waals surface area contributed by atoms with Crippen molar-refractivity contribution in [3.05, 3.63) is 28.8 Å². The monoisotopic (exact) mass is 328 g/mol. The zero-order valence-electron chi connectivity index (χ0n) is 14.2. The molecule has 1 saturated heterocycles. The number of hydrogen-bond acceptors (Lipinski definition) is 4. The number of carbonyl (C=O) groups is 1. The summed E-state index contributed by atoms with van der Waals surface area (Å²) < 4.78 is 2.33. The lowest BCUT2D eigenvalue weighted by atomic mass is 9.96. The molecule has 1 amide bonds. The van der Waals surface area contributed by atoms with Gasteiger partial charge in [-0.25, -0.2) is 0 Å². The Hall–Kier alpha value is -2.31. The van der Waals surface area contributed by atoms with Crippen molar-refractivity contribution in [3.8, 4) is 0 Å². The minimum atomic E-state index is 0.132.